The Hall–Kier alpha value is -2.24. The second-order valence-corrected chi connectivity index (χ2v) is 3.88. The standard InChI is InChI=1S/C13H16O6/c1-4-17-13-9(3)8(2)5-6-10(13)18-19-12(16)7-11(14)15/h5-6H,4,7H2,1-3H3,(H,14,15). The Morgan fingerprint density at radius 2 is 1.95 bits per heavy atom. The summed E-state index contributed by atoms with van der Waals surface area (Å²) in [5.74, 6) is -1.54. The molecular weight excluding hydrogens is 252 g/mol. The van der Waals surface area contributed by atoms with Crippen molar-refractivity contribution in [2.75, 3.05) is 6.61 Å². The lowest BCUT2D eigenvalue weighted by molar-refractivity contribution is -0.214. The molecule has 1 aromatic rings. The molecule has 0 saturated heterocycles. The van der Waals surface area contributed by atoms with Gasteiger partial charge in [0.1, 0.15) is 6.42 Å². The average molecular weight is 268 g/mol. The Labute approximate surface area is 110 Å². The highest BCUT2D eigenvalue weighted by molar-refractivity contribution is 5.89. The number of carboxylic acid groups (broad SMARTS) is 1. The van der Waals surface area contributed by atoms with Crippen LogP contribution < -0.4 is 9.62 Å². The van der Waals surface area contributed by atoms with Gasteiger partial charge in [-0.3, -0.25) is 9.68 Å². The summed E-state index contributed by atoms with van der Waals surface area (Å²) >= 11 is 0. The lowest BCUT2D eigenvalue weighted by Crippen LogP contribution is -2.13. The van der Waals surface area contributed by atoms with Crippen LogP contribution in [0.5, 0.6) is 11.5 Å². The molecule has 0 aliphatic rings. The Morgan fingerprint density at radius 1 is 1.26 bits per heavy atom. The zero-order valence-corrected chi connectivity index (χ0v) is 11.1. The zero-order valence-electron chi connectivity index (χ0n) is 11.1. The molecule has 104 valence electrons. The van der Waals surface area contributed by atoms with Crippen LogP contribution in [0.3, 0.4) is 0 Å². The van der Waals surface area contributed by atoms with E-state index in [0.717, 1.165) is 11.1 Å². The lowest BCUT2D eigenvalue weighted by atomic mass is 10.1. The largest absolute Gasteiger partial charge is 0.489 e. The van der Waals surface area contributed by atoms with Gasteiger partial charge in [0, 0.05) is 0 Å². The predicted molar refractivity (Wildman–Crippen MR) is 66.1 cm³/mol. The maximum atomic E-state index is 11.1. The molecule has 0 saturated carbocycles. The Balaban J connectivity index is 2.80. The molecule has 0 aromatic heterocycles. The highest BCUT2D eigenvalue weighted by atomic mass is 17.2. The van der Waals surface area contributed by atoms with Crippen molar-refractivity contribution < 1.29 is 29.2 Å². The monoisotopic (exact) mass is 268 g/mol. The first-order valence-corrected chi connectivity index (χ1v) is 5.77. The number of hydrogen-bond donors (Lipinski definition) is 1. The molecule has 19 heavy (non-hydrogen) atoms. The minimum Gasteiger partial charge on any atom is -0.489 e. The number of rotatable bonds is 6. The van der Waals surface area contributed by atoms with Gasteiger partial charge < -0.3 is 9.84 Å². The Bertz CT molecular complexity index is 480. The topological polar surface area (TPSA) is 82.1 Å². The van der Waals surface area contributed by atoms with Crippen LogP contribution in [0.1, 0.15) is 24.5 Å². The molecule has 6 heteroatoms. The highest BCUT2D eigenvalue weighted by Crippen LogP contribution is 2.33. The van der Waals surface area contributed by atoms with Gasteiger partial charge in [0.2, 0.25) is 5.75 Å². The second-order valence-electron chi connectivity index (χ2n) is 3.88. The second kappa shape index (κ2) is 6.63. The number of hydrogen-bond acceptors (Lipinski definition) is 5. The number of benzene rings is 1. The number of carbonyl (C=O) groups excluding carboxylic acids is 1. The number of aryl methyl sites for hydroxylation is 1. The van der Waals surface area contributed by atoms with Crippen LogP contribution in [0.15, 0.2) is 12.1 Å². The van der Waals surface area contributed by atoms with E-state index in [0.29, 0.717) is 12.4 Å². The van der Waals surface area contributed by atoms with Gasteiger partial charge in [0.25, 0.3) is 0 Å². The van der Waals surface area contributed by atoms with E-state index in [1.807, 2.05) is 20.8 Å². The van der Waals surface area contributed by atoms with E-state index < -0.39 is 18.4 Å². The van der Waals surface area contributed by atoms with Gasteiger partial charge in [-0.1, -0.05) is 6.07 Å². The van der Waals surface area contributed by atoms with E-state index >= 15 is 0 Å². The van der Waals surface area contributed by atoms with E-state index in [-0.39, 0.29) is 5.75 Å². The van der Waals surface area contributed by atoms with Gasteiger partial charge in [0.05, 0.1) is 6.61 Å². The van der Waals surface area contributed by atoms with E-state index in [2.05, 4.69) is 4.89 Å². The van der Waals surface area contributed by atoms with Gasteiger partial charge >= 0.3 is 11.9 Å². The average Bonchev–Trinajstić information content (AvgIpc) is 2.33. The predicted octanol–water partition coefficient (Wildman–Crippen LogP) is 2.01. The van der Waals surface area contributed by atoms with Crippen molar-refractivity contribution >= 4 is 11.9 Å². The normalized spacial score (nSPS) is 9.84. The first-order chi connectivity index (χ1) is 8.95. The van der Waals surface area contributed by atoms with Gasteiger partial charge in [0.15, 0.2) is 5.75 Å². The minimum atomic E-state index is -1.28. The first kappa shape index (κ1) is 14.8. The van der Waals surface area contributed by atoms with Crippen LogP contribution >= 0.6 is 0 Å². The fraction of sp³-hybridized carbons (Fsp3) is 0.385. The van der Waals surface area contributed by atoms with Gasteiger partial charge in [-0.25, -0.2) is 9.68 Å². The first-order valence-electron chi connectivity index (χ1n) is 5.77. The van der Waals surface area contributed by atoms with Crippen LogP contribution in [-0.2, 0) is 14.5 Å². The molecule has 0 unspecified atom stereocenters. The van der Waals surface area contributed by atoms with Gasteiger partial charge in [-0.2, -0.15) is 0 Å². The highest BCUT2D eigenvalue weighted by Gasteiger charge is 2.15. The third-order valence-corrected chi connectivity index (χ3v) is 2.45. The summed E-state index contributed by atoms with van der Waals surface area (Å²) in [6.07, 6.45) is -0.755. The number of aliphatic carboxylic acids is 1. The SMILES string of the molecule is CCOc1c(OOC(=O)CC(=O)O)ccc(C)c1C. The zero-order chi connectivity index (χ0) is 14.4. The molecule has 6 nitrogen and oxygen atoms in total. The maximum absolute atomic E-state index is 11.1. The molecule has 0 aliphatic carbocycles. The van der Waals surface area contributed by atoms with Crippen molar-refractivity contribution in [1.82, 2.24) is 0 Å². The molecule has 0 bridgehead atoms. The molecule has 1 N–H and O–H groups in total. The molecule has 0 aliphatic heterocycles. The molecule has 0 heterocycles. The van der Waals surface area contributed by atoms with Crippen LogP contribution in [-0.4, -0.2) is 23.7 Å². The lowest BCUT2D eigenvalue weighted by Gasteiger charge is -2.13. The van der Waals surface area contributed by atoms with Crippen molar-refractivity contribution in [3.05, 3.63) is 23.3 Å². The van der Waals surface area contributed by atoms with E-state index in [1.54, 1.807) is 12.1 Å². The van der Waals surface area contributed by atoms with Crippen molar-refractivity contribution in [2.45, 2.75) is 27.2 Å². The quantitative estimate of drug-likeness (QED) is 0.483. The summed E-state index contributed by atoms with van der Waals surface area (Å²) < 4.78 is 5.43. The number of carbonyl (C=O) groups is 2. The van der Waals surface area contributed by atoms with Crippen LogP contribution in [0, 0.1) is 13.8 Å². The van der Waals surface area contributed by atoms with Crippen LogP contribution in [0.2, 0.25) is 0 Å². The van der Waals surface area contributed by atoms with E-state index in [1.165, 1.54) is 0 Å². The molecule has 1 rings (SSSR count). The molecule has 0 radical (unpaired) electrons. The fourth-order valence-electron chi connectivity index (χ4n) is 1.40. The molecule has 0 fully saturated rings. The summed E-state index contributed by atoms with van der Waals surface area (Å²) in [4.78, 5) is 30.7. The summed E-state index contributed by atoms with van der Waals surface area (Å²) in [5.41, 5.74) is 1.88. The fourth-order valence-corrected chi connectivity index (χ4v) is 1.40. The van der Waals surface area contributed by atoms with Crippen LogP contribution in [0.4, 0.5) is 0 Å². The third kappa shape index (κ3) is 4.17. The molecule has 0 amide bonds. The summed E-state index contributed by atoms with van der Waals surface area (Å²) in [6, 6.07) is 3.39. The van der Waals surface area contributed by atoms with Crippen LogP contribution in [0.25, 0.3) is 0 Å². The maximum Gasteiger partial charge on any atom is 0.366 e. The summed E-state index contributed by atoms with van der Waals surface area (Å²) in [6.45, 7) is 6.02. The Kier molecular flexibility index (Phi) is 5.17. The number of ether oxygens (including phenoxy) is 1. The number of carboxylic acids is 1. The molecule has 0 spiro atoms. The third-order valence-electron chi connectivity index (χ3n) is 2.45. The summed E-state index contributed by atoms with van der Waals surface area (Å²) in [7, 11) is 0. The van der Waals surface area contributed by atoms with Crippen molar-refractivity contribution in [2.24, 2.45) is 0 Å². The summed E-state index contributed by atoms with van der Waals surface area (Å²) in [5, 5.41) is 8.42. The van der Waals surface area contributed by atoms with Gasteiger partial charge in [-0.05, 0) is 38.0 Å². The van der Waals surface area contributed by atoms with Gasteiger partial charge in [-0.15, -0.1) is 0 Å². The van der Waals surface area contributed by atoms with Crippen molar-refractivity contribution in [3.63, 3.8) is 0 Å². The molecule has 0 atom stereocenters. The van der Waals surface area contributed by atoms with E-state index in [9.17, 15) is 9.59 Å². The molecular formula is C13H16O6. The smallest absolute Gasteiger partial charge is 0.366 e. The Morgan fingerprint density at radius 3 is 2.53 bits per heavy atom. The molecule has 1 aromatic carbocycles. The minimum absolute atomic E-state index is 0.240. The van der Waals surface area contributed by atoms with Crippen molar-refractivity contribution in [3.8, 4) is 11.5 Å². The van der Waals surface area contributed by atoms with E-state index in [4.69, 9.17) is 14.7 Å². The van der Waals surface area contributed by atoms with Crippen molar-refractivity contribution in [1.29, 1.82) is 0 Å².